The van der Waals surface area contributed by atoms with Gasteiger partial charge in [-0.2, -0.15) is 0 Å². The van der Waals surface area contributed by atoms with Crippen molar-refractivity contribution >= 4 is 25.4 Å². The van der Waals surface area contributed by atoms with Crippen LogP contribution in [0.3, 0.4) is 0 Å². The SMILES string of the molecule is CCC[I]([SiH3])(CCC)CCC. The monoisotopic (exact) mass is 287 g/mol. The summed E-state index contributed by atoms with van der Waals surface area (Å²) in [6.45, 7) is 7.09. The van der Waals surface area contributed by atoms with Gasteiger partial charge in [0.15, 0.2) is 0 Å². The van der Waals surface area contributed by atoms with Gasteiger partial charge >= 0.3 is 78.7 Å². The van der Waals surface area contributed by atoms with Crippen LogP contribution in [0.15, 0.2) is 0 Å². The van der Waals surface area contributed by atoms with E-state index in [9.17, 15) is 0 Å². The van der Waals surface area contributed by atoms with Crippen LogP contribution in [0.1, 0.15) is 40.0 Å². The van der Waals surface area contributed by atoms with Crippen molar-refractivity contribution in [3.8, 4) is 0 Å². The molecule has 1 radical (unpaired) electrons. The third-order valence-corrected chi connectivity index (χ3v) is 20.6. The molecule has 0 aliphatic rings. The molecule has 0 unspecified atom stereocenters. The van der Waals surface area contributed by atoms with Crippen LogP contribution >= 0.6 is 17.6 Å². The molecule has 0 amide bonds. The molecule has 0 saturated carbocycles. The quantitative estimate of drug-likeness (QED) is 0.305. The normalized spacial score (nSPS) is 13.7. The van der Waals surface area contributed by atoms with Crippen molar-refractivity contribution in [2.45, 2.75) is 40.0 Å². The Morgan fingerprint density at radius 1 is 0.818 bits per heavy atom. The Morgan fingerprint density at radius 2 is 1.09 bits per heavy atom. The summed E-state index contributed by atoms with van der Waals surface area (Å²) >= 11 is -1.03. The topological polar surface area (TPSA) is 0 Å². The van der Waals surface area contributed by atoms with Crippen molar-refractivity contribution in [3.05, 3.63) is 0 Å². The molecular weight excluding hydrogens is 263 g/mol. The number of halogens is 1. The molecule has 2 heteroatoms. The van der Waals surface area contributed by atoms with E-state index in [2.05, 4.69) is 20.8 Å². The average Bonchev–Trinajstić information content (AvgIpc) is 1.88. The average molecular weight is 287 g/mol. The molecule has 0 aromatic heterocycles. The van der Waals surface area contributed by atoms with Crippen LogP contribution in [0, 0.1) is 0 Å². The molecule has 0 bridgehead atoms. The predicted octanol–water partition coefficient (Wildman–Crippen LogP) is 2.54. The van der Waals surface area contributed by atoms with E-state index in [4.69, 9.17) is 0 Å². The van der Waals surface area contributed by atoms with Gasteiger partial charge in [0.25, 0.3) is 0 Å². The van der Waals surface area contributed by atoms with Crippen LogP contribution in [0.5, 0.6) is 0 Å². The Morgan fingerprint density at radius 3 is 1.27 bits per heavy atom. The maximum absolute atomic E-state index is 2.36. The molecule has 0 rings (SSSR count). The number of hydrogen-bond donors (Lipinski definition) is 0. The van der Waals surface area contributed by atoms with Crippen molar-refractivity contribution in [2.24, 2.45) is 0 Å². The first kappa shape index (κ1) is 11.9. The van der Waals surface area contributed by atoms with Crippen molar-refractivity contribution in [1.82, 2.24) is 0 Å². The summed E-state index contributed by atoms with van der Waals surface area (Å²) in [5.41, 5.74) is 0. The Bertz CT molecular complexity index is 76.5. The summed E-state index contributed by atoms with van der Waals surface area (Å²) in [5, 5.41) is 0. The van der Waals surface area contributed by atoms with E-state index in [1.54, 1.807) is 21.0 Å². The van der Waals surface area contributed by atoms with Gasteiger partial charge < -0.3 is 0 Å². The first-order valence-electron chi connectivity index (χ1n) is 4.80. The van der Waals surface area contributed by atoms with Gasteiger partial charge in [-0.1, -0.05) is 0 Å². The minimum atomic E-state index is -1.03. The molecule has 0 spiro atoms. The molecule has 0 aromatic carbocycles. The zero-order chi connectivity index (χ0) is 8.74. The fourth-order valence-corrected chi connectivity index (χ4v) is 18.7. The van der Waals surface area contributed by atoms with Crippen molar-refractivity contribution in [3.63, 3.8) is 0 Å². The van der Waals surface area contributed by atoms with Crippen LogP contribution in [0.4, 0.5) is 0 Å². The van der Waals surface area contributed by atoms with Gasteiger partial charge in [0.1, 0.15) is 0 Å². The second-order valence-electron chi connectivity index (χ2n) is 3.44. The fourth-order valence-electron chi connectivity index (χ4n) is 1.65. The zero-order valence-electron chi connectivity index (χ0n) is 8.62. The van der Waals surface area contributed by atoms with E-state index in [0.717, 1.165) is 0 Å². The molecule has 11 heavy (non-hydrogen) atoms. The molecule has 0 fully saturated rings. The zero-order valence-corrected chi connectivity index (χ0v) is 12.8. The summed E-state index contributed by atoms with van der Waals surface area (Å²) in [6.07, 6.45) is 4.38. The Labute approximate surface area is 78.5 Å². The van der Waals surface area contributed by atoms with Gasteiger partial charge in [-0.3, -0.25) is 0 Å². The molecule has 0 heterocycles. The molecule has 0 atom stereocenters. The van der Waals surface area contributed by atoms with E-state index >= 15 is 0 Å². The van der Waals surface area contributed by atoms with Gasteiger partial charge in [0, 0.05) is 0 Å². The molecule has 0 aliphatic carbocycles. The second-order valence-corrected chi connectivity index (χ2v) is 25.2. The Kier molecular flexibility index (Phi) is 7.02. The van der Waals surface area contributed by atoms with Gasteiger partial charge in [-0.05, 0) is 0 Å². The summed E-state index contributed by atoms with van der Waals surface area (Å²) in [7, 11) is 1.58. The number of hydrogen-bond acceptors (Lipinski definition) is 0. The van der Waals surface area contributed by atoms with Crippen LogP contribution in [0.2, 0.25) is 0 Å². The van der Waals surface area contributed by atoms with Crippen LogP contribution < -0.4 is 0 Å². The summed E-state index contributed by atoms with van der Waals surface area (Å²) in [4.78, 5) is 0. The summed E-state index contributed by atoms with van der Waals surface area (Å²) in [5.74, 6) is 0. The van der Waals surface area contributed by atoms with Gasteiger partial charge in [-0.15, -0.1) is 0 Å². The van der Waals surface area contributed by atoms with Crippen LogP contribution in [-0.4, -0.2) is 21.0 Å². The third-order valence-electron chi connectivity index (χ3n) is 1.94. The number of alkyl halides is 3. The number of rotatable bonds is 6. The van der Waals surface area contributed by atoms with Crippen molar-refractivity contribution in [1.29, 1.82) is 0 Å². The standard InChI is InChI=1S/C9H24ISi/c1-4-7-10(11,8-5-2)9-6-3/h4-9H2,1-3,11H3. The predicted molar refractivity (Wildman–Crippen MR) is 69.4 cm³/mol. The van der Waals surface area contributed by atoms with Crippen molar-refractivity contribution < 1.29 is 0 Å². The Hall–Kier alpha value is 0.947. The molecule has 0 aliphatic heterocycles. The first-order chi connectivity index (χ1) is 5.18. The van der Waals surface area contributed by atoms with E-state index < -0.39 is 17.6 Å². The minimum absolute atomic E-state index is 1.03. The van der Waals surface area contributed by atoms with Crippen LogP contribution in [-0.2, 0) is 0 Å². The third kappa shape index (κ3) is 5.23. The van der Waals surface area contributed by atoms with Crippen molar-refractivity contribution in [2.75, 3.05) is 13.3 Å². The Balaban J connectivity index is 3.79. The molecule has 0 nitrogen and oxygen atoms in total. The fraction of sp³-hybridized carbons (Fsp3) is 1.00. The molecule has 0 N–H and O–H groups in total. The summed E-state index contributed by atoms with van der Waals surface area (Å²) in [6, 6.07) is 0. The molecule has 0 aromatic rings. The van der Waals surface area contributed by atoms with E-state index in [0.29, 0.717) is 0 Å². The molecule has 71 valence electrons. The van der Waals surface area contributed by atoms with Gasteiger partial charge in [0.2, 0.25) is 0 Å². The van der Waals surface area contributed by atoms with Crippen LogP contribution in [0.25, 0.3) is 0 Å². The van der Waals surface area contributed by atoms with E-state index in [1.165, 1.54) is 19.3 Å². The molecule has 0 saturated heterocycles. The maximum atomic E-state index is 2.36. The first-order valence-corrected chi connectivity index (χ1v) is 16.6. The summed E-state index contributed by atoms with van der Waals surface area (Å²) < 4.78 is 4.96. The second kappa shape index (κ2) is 6.46. The molecular formula is C9H24ISi. The van der Waals surface area contributed by atoms with E-state index in [-0.39, 0.29) is 0 Å². The van der Waals surface area contributed by atoms with Gasteiger partial charge in [0.05, 0.1) is 0 Å². The van der Waals surface area contributed by atoms with Gasteiger partial charge in [-0.25, -0.2) is 0 Å². The van der Waals surface area contributed by atoms with E-state index in [1.807, 2.05) is 0 Å².